The van der Waals surface area contributed by atoms with Gasteiger partial charge >= 0.3 is 12.0 Å². The minimum Gasteiger partial charge on any atom is -0.481 e. The second-order valence-electron chi connectivity index (χ2n) is 6.12. The lowest BCUT2D eigenvalue weighted by molar-refractivity contribution is -0.147. The molecular formula is C15H22N2O3S. The Morgan fingerprint density at radius 1 is 1.52 bits per heavy atom. The van der Waals surface area contributed by atoms with Crippen LogP contribution in [0.5, 0.6) is 0 Å². The lowest BCUT2D eigenvalue weighted by Crippen LogP contribution is -2.46. The van der Waals surface area contributed by atoms with Crippen LogP contribution in [0.25, 0.3) is 0 Å². The number of nitrogens with zero attached hydrogens (tertiary/aromatic N) is 2. The molecule has 1 aliphatic rings. The molecule has 1 aromatic rings. The largest absolute Gasteiger partial charge is 0.481 e. The molecule has 1 aliphatic heterocycles. The van der Waals surface area contributed by atoms with E-state index < -0.39 is 11.4 Å². The van der Waals surface area contributed by atoms with Gasteiger partial charge in [0.1, 0.15) is 0 Å². The van der Waals surface area contributed by atoms with Crippen molar-refractivity contribution < 1.29 is 14.7 Å². The van der Waals surface area contributed by atoms with E-state index in [1.54, 1.807) is 28.1 Å². The fraction of sp³-hybridized carbons (Fsp3) is 0.600. The molecule has 2 rings (SSSR count). The predicted molar refractivity (Wildman–Crippen MR) is 82.3 cm³/mol. The zero-order valence-corrected chi connectivity index (χ0v) is 13.5. The van der Waals surface area contributed by atoms with Crippen molar-refractivity contribution in [3.05, 3.63) is 22.4 Å². The number of carboxylic acid groups (broad SMARTS) is 1. The number of hydrogen-bond donors (Lipinski definition) is 1. The average Bonchev–Trinajstić information content (AvgIpc) is 3.05. The maximum atomic E-state index is 12.7. The van der Waals surface area contributed by atoms with Gasteiger partial charge < -0.3 is 14.9 Å². The Bertz CT molecular complexity index is 515. The van der Waals surface area contributed by atoms with Crippen molar-refractivity contribution in [3.8, 4) is 0 Å². The molecule has 116 valence electrons. The van der Waals surface area contributed by atoms with Gasteiger partial charge in [0.2, 0.25) is 0 Å². The Morgan fingerprint density at radius 2 is 2.24 bits per heavy atom. The van der Waals surface area contributed by atoms with Crippen LogP contribution in [0, 0.1) is 5.41 Å². The molecule has 2 heterocycles. The number of thiophene rings is 1. The number of amides is 2. The smallest absolute Gasteiger partial charge is 0.320 e. The number of rotatable bonds is 4. The molecule has 1 N–H and O–H groups in total. The third-order valence-electron chi connectivity index (χ3n) is 4.04. The lowest BCUT2D eigenvalue weighted by Gasteiger charge is -2.31. The van der Waals surface area contributed by atoms with E-state index in [0.29, 0.717) is 19.5 Å². The Hall–Kier alpha value is -1.56. The van der Waals surface area contributed by atoms with Gasteiger partial charge in [0.05, 0.1) is 12.0 Å². The van der Waals surface area contributed by atoms with Gasteiger partial charge in [-0.05, 0) is 38.6 Å². The van der Waals surface area contributed by atoms with Gasteiger partial charge in [-0.15, -0.1) is 11.3 Å². The molecule has 6 heteroatoms. The highest BCUT2D eigenvalue weighted by Gasteiger charge is 2.43. The van der Waals surface area contributed by atoms with Crippen LogP contribution < -0.4 is 0 Å². The molecule has 1 atom stereocenters. The van der Waals surface area contributed by atoms with Crippen molar-refractivity contribution in [2.45, 2.75) is 39.8 Å². The summed E-state index contributed by atoms with van der Waals surface area (Å²) in [5.74, 6) is -0.827. The van der Waals surface area contributed by atoms with Gasteiger partial charge in [0.15, 0.2) is 0 Å². The van der Waals surface area contributed by atoms with E-state index in [9.17, 15) is 14.7 Å². The Morgan fingerprint density at radius 3 is 2.71 bits per heavy atom. The van der Waals surface area contributed by atoms with Crippen molar-refractivity contribution in [1.29, 1.82) is 0 Å². The molecule has 1 fully saturated rings. The number of likely N-dealkylation sites (tertiary alicyclic amines) is 1. The molecule has 1 unspecified atom stereocenters. The monoisotopic (exact) mass is 310 g/mol. The highest BCUT2D eigenvalue weighted by Crippen LogP contribution is 2.31. The first-order valence-electron chi connectivity index (χ1n) is 7.15. The summed E-state index contributed by atoms with van der Waals surface area (Å²) in [5.41, 5.74) is -0.818. The van der Waals surface area contributed by atoms with Crippen LogP contribution >= 0.6 is 11.3 Å². The molecular weight excluding hydrogens is 288 g/mol. The molecule has 21 heavy (non-hydrogen) atoms. The van der Waals surface area contributed by atoms with E-state index in [2.05, 4.69) is 0 Å². The van der Waals surface area contributed by atoms with E-state index in [0.717, 1.165) is 4.88 Å². The normalized spacial score (nSPS) is 21.8. The molecule has 2 amide bonds. The SMILES string of the molecule is CC(C)N(Cc1cccs1)C(=O)N1CCC(C)(C(=O)O)C1. The first-order valence-corrected chi connectivity index (χ1v) is 8.03. The summed E-state index contributed by atoms with van der Waals surface area (Å²) in [6.45, 7) is 7.05. The van der Waals surface area contributed by atoms with Crippen LogP contribution in [0.2, 0.25) is 0 Å². The molecule has 0 saturated carbocycles. The second kappa shape index (κ2) is 6.05. The quantitative estimate of drug-likeness (QED) is 0.930. The first kappa shape index (κ1) is 15.8. The van der Waals surface area contributed by atoms with Crippen LogP contribution in [0.4, 0.5) is 4.79 Å². The molecule has 1 saturated heterocycles. The fourth-order valence-corrected chi connectivity index (χ4v) is 3.22. The molecule has 1 aromatic heterocycles. The van der Waals surface area contributed by atoms with Gasteiger partial charge in [-0.25, -0.2) is 4.79 Å². The summed E-state index contributed by atoms with van der Waals surface area (Å²) in [6.07, 6.45) is 0.513. The summed E-state index contributed by atoms with van der Waals surface area (Å²) in [6, 6.07) is 4.00. The summed E-state index contributed by atoms with van der Waals surface area (Å²) in [5, 5.41) is 11.3. The number of carbonyl (C=O) groups excluding carboxylic acids is 1. The van der Waals surface area contributed by atoms with Crippen LogP contribution in [0.15, 0.2) is 17.5 Å². The predicted octanol–water partition coefficient (Wildman–Crippen LogP) is 2.88. The lowest BCUT2D eigenvalue weighted by atomic mass is 9.90. The van der Waals surface area contributed by atoms with E-state index >= 15 is 0 Å². The maximum Gasteiger partial charge on any atom is 0.320 e. The topological polar surface area (TPSA) is 60.9 Å². The molecule has 0 bridgehead atoms. The number of carboxylic acids is 1. The highest BCUT2D eigenvalue weighted by molar-refractivity contribution is 7.09. The Balaban J connectivity index is 2.08. The average molecular weight is 310 g/mol. The maximum absolute atomic E-state index is 12.7. The minimum atomic E-state index is -0.827. The fourth-order valence-electron chi connectivity index (χ4n) is 2.52. The molecule has 0 spiro atoms. The van der Waals surface area contributed by atoms with E-state index in [1.807, 2.05) is 31.4 Å². The zero-order valence-electron chi connectivity index (χ0n) is 12.7. The van der Waals surface area contributed by atoms with E-state index in [-0.39, 0.29) is 18.6 Å². The van der Waals surface area contributed by atoms with Crippen molar-refractivity contribution in [2.24, 2.45) is 5.41 Å². The first-order chi connectivity index (χ1) is 9.83. The number of carbonyl (C=O) groups is 2. The van der Waals surface area contributed by atoms with Crippen LogP contribution in [0.1, 0.15) is 32.1 Å². The molecule has 0 radical (unpaired) electrons. The summed E-state index contributed by atoms with van der Waals surface area (Å²) < 4.78 is 0. The Kier molecular flexibility index (Phi) is 4.56. The third kappa shape index (κ3) is 3.37. The number of urea groups is 1. The summed E-state index contributed by atoms with van der Waals surface area (Å²) >= 11 is 1.63. The standard InChI is InChI=1S/C15H22N2O3S/c1-11(2)17(9-12-5-4-8-21-12)14(20)16-7-6-15(3,10-16)13(18)19/h4-5,8,11H,6-7,9-10H2,1-3H3,(H,18,19). The van der Waals surface area contributed by atoms with Crippen molar-refractivity contribution in [2.75, 3.05) is 13.1 Å². The number of aliphatic carboxylic acids is 1. The zero-order chi connectivity index (χ0) is 15.6. The number of hydrogen-bond acceptors (Lipinski definition) is 3. The van der Waals surface area contributed by atoms with Gasteiger partial charge in [-0.2, -0.15) is 0 Å². The molecule has 0 aromatic carbocycles. The summed E-state index contributed by atoms with van der Waals surface area (Å²) in [7, 11) is 0. The van der Waals surface area contributed by atoms with Gasteiger partial charge in [0.25, 0.3) is 0 Å². The van der Waals surface area contributed by atoms with E-state index in [4.69, 9.17) is 0 Å². The molecule has 5 nitrogen and oxygen atoms in total. The Labute approximate surface area is 129 Å². The molecule has 0 aliphatic carbocycles. The third-order valence-corrected chi connectivity index (χ3v) is 4.90. The van der Waals surface area contributed by atoms with Crippen LogP contribution in [0.3, 0.4) is 0 Å². The second-order valence-corrected chi connectivity index (χ2v) is 7.15. The van der Waals surface area contributed by atoms with Gasteiger partial charge in [-0.1, -0.05) is 6.07 Å². The van der Waals surface area contributed by atoms with Gasteiger partial charge in [0, 0.05) is 24.0 Å². The van der Waals surface area contributed by atoms with Gasteiger partial charge in [-0.3, -0.25) is 4.79 Å². The van der Waals surface area contributed by atoms with E-state index in [1.165, 1.54) is 0 Å². The van der Waals surface area contributed by atoms with Crippen LogP contribution in [-0.4, -0.2) is 46.0 Å². The van der Waals surface area contributed by atoms with Crippen molar-refractivity contribution in [1.82, 2.24) is 9.80 Å². The van der Waals surface area contributed by atoms with Crippen LogP contribution in [-0.2, 0) is 11.3 Å². The summed E-state index contributed by atoms with van der Waals surface area (Å²) in [4.78, 5) is 28.6. The van der Waals surface area contributed by atoms with Crippen molar-refractivity contribution in [3.63, 3.8) is 0 Å². The highest BCUT2D eigenvalue weighted by atomic mass is 32.1. The minimum absolute atomic E-state index is 0.0663. The van der Waals surface area contributed by atoms with Crippen molar-refractivity contribution >= 4 is 23.3 Å².